The van der Waals surface area contributed by atoms with E-state index in [4.69, 9.17) is 0 Å². The van der Waals surface area contributed by atoms with Gasteiger partial charge in [-0.2, -0.15) is 0 Å². The fraction of sp³-hybridized carbons (Fsp3) is 0.619. The molecule has 2 aliphatic carbocycles. The zero-order valence-electron chi connectivity index (χ0n) is 16.9. The molecule has 2 rings (SSSR count). The Morgan fingerprint density at radius 2 is 0.875 bits per heavy atom. The summed E-state index contributed by atoms with van der Waals surface area (Å²) in [4.78, 5) is 0. The van der Waals surface area contributed by atoms with Crippen molar-refractivity contribution in [2.45, 2.75) is 75.3 Å². The second kappa shape index (κ2) is 7.38. The largest absolute Gasteiger partial charge is 1.00 e. The van der Waals surface area contributed by atoms with Crippen molar-refractivity contribution in [2.24, 2.45) is 10.8 Å². The predicted molar refractivity (Wildman–Crippen MR) is 95.7 cm³/mol. The number of rotatable bonds is 2. The van der Waals surface area contributed by atoms with Crippen LogP contribution < -0.4 is 12.4 Å². The molecule has 0 fully saturated rings. The molecule has 24 heavy (non-hydrogen) atoms. The van der Waals surface area contributed by atoms with E-state index in [0.717, 1.165) is 0 Å². The van der Waals surface area contributed by atoms with E-state index in [9.17, 15) is 5.11 Å². The average molecular weight is 427 g/mol. The van der Waals surface area contributed by atoms with Crippen LogP contribution in [0.2, 0.25) is 0 Å². The Balaban J connectivity index is 0.00000264. The molecule has 0 spiro atoms. The topological polar surface area (TPSA) is 20.2 Å². The molecule has 3 heteroatoms. The minimum Gasteiger partial charge on any atom is -1.00 e. The fourth-order valence-corrected chi connectivity index (χ4v) is 4.48. The van der Waals surface area contributed by atoms with Gasteiger partial charge in [-0.25, -0.2) is 0 Å². The van der Waals surface area contributed by atoms with Crippen LogP contribution in [-0.4, -0.2) is 11.2 Å². The fourth-order valence-electron chi connectivity index (χ4n) is 4.48. The van der Waals surface area contributed by atoms with Crippen LogP contribution in [0.5, 0.6) is 0 Å². The Labute approximate surface area is 173 Å². The van der Waals surface area contributed by atoms with Crippen molar-refractivity contribution in [3.8, 4) is 0 Å². The second-order valence-electron chi connectivity index (χ2n) is 8.23. The predicted octanol–water partition coefficient (Wildman–Crippen LogP) is 2.73. The molecule has 0 amide bonds. The second-order valence-corrected chi connectivity index (χ2v) is 8.23. The van der Waals surface area contributed by atoms with Crippen LogP contribution in [-0.2, 0) is 26.2 Å². The number of allylic oxidation sites excluding steroid dienone is 6. The van der Waals surface area contributed by atoms with Crippen LogP contribution in [0, 0.1) is 10.8 Å². The van der Waals surface area contributed by atoms with Crippen molar-refractivity contribution < 1.29 is 43.7 Å². The summed E-state index contributed by atoms with van der Waals surface area (Å²) in [6, 6.07) is 0. The van der Waals surface area contributed by atoms with Gasteiger partial charge < -0.3 is 17.5 Å². The van der Waals surface area contributed by atoms with Gasteiger partial charge >= 0.3 is 0 Å². The summed E-state index contributed by atoms with van der Waals surface area (Å²) >= 11 is 0. The first-order chi connectivity index (χ1) is 9.86. The first-order valence-electron chi connectivity index (χ1n) is 8.34. The van der Waals surface area contributed by atoms with E-state index in [1.165, 1.54) is 44.6 Å². The summed E-state index contributed by atoms with van der Waals surface area (Å²) in [6.45, 7) is 22.1. The maximum atomic E-state index is 11.4. The zero-order chi connectivity index (χ0) is 17.2. The van der Waals surface area contributed by atoms with Gasteiger partial charge in [0.05, 0.1) is 6.10 Å². The van der Waals surface area contributed by atoms with E-state index >= 15 is 0 Å². The zero-order valence-corrected chi connectivity index (χ0v) is 20.1. The van der Waals surface area contributed by atoms with Gasteiger partial charge in [-0.15, -0.1) is 0 Å². The molecule has 0 bridgehead atoms. The molecule has 0 unspecified atom stereocenters. The maximum Gasteiger partial charge on any atom is 0.0989 e. The van der Waals surface area contributed by atoms with E-state index in [2.05, 4.69) is 69.2 Å². The molecular weight excluding hydrogens is 395 g/mol. The van der Waals surface area contributed by atoms with Crippen molar-refractivity contribution >= 4 is 0 Å². The van der Waals surface area contributed by atoms with Crippen LogP contribution >= 0.6 is 0 Å². The van der Waals surface area contributed by atoms with Crippen molar-refractivity contribution in [3.05, 3.63) is 44.6 Å². The summed E-state index contributed by atoms with van der Waals surface area (Å²) in [5, 5.41) is 11.4. The standard InChI is InChI=1S/C21H32O.ClH.Zr/c1-11-13(3)17(20(7,8)15(11)5)19(22)18-14(4)12(2)16(6)21(18,9)10;;/h19,22H,1-10H3;1H;/p-1. The van der Waals surface area contributed by atoms with E-state index in [0.29, 0.717) is 0 Å². The molecular formula is C21H32ClOZr-. The summed E-state index contributed by atoms with van der Waals surface area (Å²) in [5.41, 5.74) is 10.2. The number of hydrogen-bond donors (Lipinski definition) is 1. The minimum atomic E-state index is -0.496. The van der Waals surface area contributed by atoms with E-state index < -0.39 is 6.10 Å². The van der Waals surface area contributed by atoms with Gasteiger partial charge in [0.2, 0.25) is 0 Å². The number of hydrogen-bond acceptors (Lipinski definition) is 1. The molecule has 0 aromatic carbocycles. The van der Waals surface area contributed by atoms with Gasteiger partial charge in [0.25, 0.3) is 0 Å². The van der Waals surface area contributed by atoms with Crippen LogP contribution in [0.25, 0.3) is 0 Å². The third-order valence-electron chi connectivity index (χ3n) is 6.83. The molecule has 2 aliphatic rings. The molecule has 0 saturated carbocycles. The van der Waals surface area contributed by atoms with Crippen LogP contribution in [0.3, 0.4) is 0 Å². The Kier molecular flexibility index (Phi) is 7.40. The monoisotopic (exact) mass is 425 g/mol. The number of aliphatic hydroxyl groups is 1. The molecule has 0 saturated heterocycles. The third-order valence-corrected chi connectivity index (χ3v) is 6.83. The molecule has 0 atom stereocenters. The molecule has 0 aromatic heterocycles. The van der Waals surface area contributed by atoms with Gasteiger partial charge in [0, 0.05) is 37.0 Å². The molecule has 134 valence electrons. The smallest absolute Gasteiger partial charge is 0.0989 e. The van der Waals surface area contributed by atoms with E-state index in [-0.39, 0.29) is 49.4 Å². The Morgan fingerprint density at radius 1 is 0.625 bits per heavy atom. The van der Waals surface area contributed by atoms with Gasteiger partial charge in [0.15, 0.2) is 0 Å². The molecule has 0 aliphatic heterocycles. The minimum absolute atomic E-state index is 0. The summed E-state index contributed by atoms with van der Waals surface area (Å²) in [6.07, 6.45) is -0.496. The van der Waals surface area contributed by atoms with Gasteiger partial charge in [0.1, 0.15) is 0 Å². The molecule has 1 N–H and O–H groups in total. The normalized spacial score (nSPS) is 22.5. The Morgan fingerprint density at radius 3 is 1.04 bits per heavy atom. The van der Waals surface area contributed by atoms with Gasteiger partial charge in [-0.05, 0) is 75.0 Å². The van der Waals surface area contributed by atoms with Crippen molar-refractivity contribution in [1.82, 2.24) is 0 Å². The van der Waals surface area contributed by atoms with E-state index in [1.54, 1.807) is 0 Å². The SMILES string of the molecule is CC1=C(C)C(C)(C)C(C(O)C2=C(C)C(C)=C(C)C2(C)C)=C1C.[Cl-].[Zr]. The number of halogens is 1. The molecule has 0 radical (unpaired) electrons. The van der Waals surface area contributed by atoms with Crippen molar-refractivity contribution in [3.63, 3.8) is 0 Å². The number of aliphatic hydroxyl groups excluding tert-OH is 1. The van der Waals surface area contributed by atoms with Crippen molar-refractivity contribution in [2.75, 3.05) is 0 Å². The summed E-state index contributed by atoms with van der Waals surface area (Å²) < 4.78 is 0. The first kappa shape index (κ1) is 24.1. The van der Waals surface area contributed by atoms with Crippen LogP contribution in [0.15, 0.2) is 44.6 Å². The first-order valence-corrected chi connectivity index (χ1v) is 8.34. The molecule has 1 nitrogen and oxygen atoms in total. The van der Waals surface area contributed by atoms with E-state index in [1.807, 2.05) is 0 Å². The van der Waals surface area contributed by atoms with Crippen LogP contribution in [0.4, 0.5) is 0 Å². The maximum absolute atomic E-state index is 11.4. The Hall–Kier alpha value is 0.0931. The van der Waals surface area contributed by atoms with Crippen LogP contribution in [0.1, 0.15) is 69.2 Å². The van der Waals surface area contributed by atoms with Gasteiger partial charge in [-0.1, -0.05) is 38.8 Å². The average Bonchev–Trinajstić information content (AvgIpc) is 2.66. The molecule has 0 heterocycles. The quantitative estimate of drug-likeness (QED) is 0.719. The Bertz CT molecular complexity index is 614. The van der Waals surface area contributed by atoms with Gasteiger partial charge in [-0.3, -0.25) is 0 Å². The summed E-state index contributed by atoms with van der Waals surface area (Å²) in [7, 11) is 0. The third kappa shape index (κ3) is 3.12. The summed E-state index contributed by atoms with van der Waals surface area (Å²) in [5.74, 6) is 0. The molecule has 0 aromatic rings. The van der Waals surface area contributed by atoms with Crippen molar-refractivity contribution in [1.29, 1.82) is 0 Å².